The molecule has 0 saturated heterocycles. The summed E-state index contributed by atoms with van der Waals surface area (Å²) in [5.41, 5.74) is 0.0416. The van der Waals surface area contributed by atoms with E-state index in [1.165, 1.54) is 122 Å². The lowest BCUT2D eigenvalue weighted by Crippen LogP contribution is -2.31. The van der Waals surface area contributed by atoms with Gasteiger partial charge >= 0.3 is 0 Å². The molecule has 2 aliphatic carbocycles. The largest absolute Gasteiger partial charge is 0.198 e. The van der Waals surface area contributed by atoms with Crippen LogP contribution < -0.4 is 0 Å². The molecular formula is C26H47N. The van der Waals surface area contributed by atoms with Gasteiger partial charge in [-0.2, -0.15) is 5.26 Å². The first-order valence-electron chi connectivity index (χ1n) is 12.6. The molecule has 0 aromatic rings. The Morgan fingerprint density at radius 2 is 1.26 bits per heavy atom. The minimum absolute atomic E-state index is 0.0416. The van der Waals surface area contributed by atoms with Gasteiger partial charge in [-0.15, -0.1) is 0 Å². The highest BCUT2D eigenvalue weighted by Gasteiger charge is 2.38. The van der Waals surface area contributed by atoms with Gasteiger partial charge in [-0.25, -0.2) is 0 Å². The second-order valence-electron chi connectivity index (χ2n) is 10.0. The van der Waals surface area contributed by atoms with Crippen molar-refractivity contribution in [1.29, 1.82) is 5.26 Å². The van der Waals surface area contributed by atoms with Gasteiger partial charge in [-0.3, -0.25) is 0 Å². The van der Waals surface area contributed by atoms with Crippen LogP contribution in [0.4, 0.5) is 0 Å². The smallest absolute Gasteiger partial charge is 0.0689 e. The van der Waals surface area contributed by atoms with Gasteiger partial charge < -0.3 is 0 Å². The Bertz CT molecular complexity index is 404. The number of hydrogen-bond acceptors (Lipinski definition) is 1. The van der Waals surface area contributed by atoms with E-state index >= 15 is 0 Å². The molecular weight excluding hydrogens is 326 g/mol. The normalized spacial score (nSPS) is 31.5. The van der Waals surface area contributed by atoms with E-state index in [1.807, 2.05) is 0 Å². The molecule has 0 spiro atoms. The maximum Gasteiger partial charge on any atom is 0.0689 e. The van der Waals surface area contributed by atoms with Gasteiger partial charge in [-0.05, 0) is 62.7 Å². The van der Waals surface area contributed by atoms with Gasteiger partial charge in [0.25, 0.3) is 0 Å². The molecule has 0 unspecified atom stereocenters. The summed E-state index contributed by atoms with van der Waals surface area (Å²) in [4.78, 5) is 0. The molecule has 2 fully saturated rings. The molecule has 0 N–H and O–H groups in total. The van der Waals surface area contributed by atoms with Gasteiger partial charge in [-0.1, -0.05) is 90.9 Å². The predicted molar refractivity (Wildman–Crippen MR) is 118 cm³/mol. The van der Waals surface area contributed by atoms with Crippen LogP contribution in [0.15, 0.2) is 0 Å². The second-order valence-corrected chi connectivity index (χ2v) is 10.0. The molecule has 156 valence electrons. The van der Waals surface area contributed by atoms with Crippen LogP contribution in [0.1, 0.15) is 136 Å². The van der Waals surface area contributed by atoms with E-state index in [0.717, 1.165) is 17.8 Å². The zero-order chi connectivity index (χ0) is 19.4. The van der Waals surface area contributed by atoms with Crippen molar-refractivity contribution in [3.8, 4) is 6.07 Å². The highest BCUT2D eigenvalue weighted by atomic mass is 14.4. The maximum atomic E-state index is 9.82. The van der Waals surface area contributed by atoms with Crippen LogP contribution in [-0.2, 0) is 0 Å². The predicted octanol–water partition coefficient (Wildman–Crippen LogP) is 8.82. The molecule has 1 nitrogen and oxygen atoms in total. The number of rotatable bonds is 12. The molecule has 1 heteroatoms. The van der Waals surface area contributed by atoms with E-state index in [9.17, 15) is 5.26 Å². The van der Waals surface area contributed by atoms with Crippen molar-refractivity contribution in [2.45, 2.75) is 136 Å². The lowest BCUT2D eigenvalue weighted by molar-refractivity contribution is 0.114. The summed E-state index contributed by atoms with van der Waals surface area (Å²) in [7, 11) is 0. The number of nitrogens with zero attached hydrogens (tertiary/aromatic N) is 1. The highest BCUT2D eigenvalue weighted by Crippen LogP contribution is 2.47. The summed E-state index contributed by atoms with van der Waals surface area (Å²) in [6, 6.07) is 2.76. The maximum absolute atomic E-state index is 9.82. The molecule has 2 rings (SSSR count). The zero-order valence-electron chi connectivity index (χ0n) is 18.6. The first-order chi connectivity index (χ1) is 13.2. The Kier molecular flexibility index (Phi) is 10.8. The summed E-state index contributed by atoms with van der Waals surface area (Å²) in [5, 5.41) is 9.82. The Morgan fingerprint density at radius 3 is 1.85 bits per heavy atom. The topological polar surface area (TPSA) is 23.8 Å². The van der Waals surface area contributed by atoms with E-state index in [2.05, 4.69) is 19.9 Å². The van der Waals surface area contributed by atoms with Gasteiger partial charge in [0.1, 0.15) is 0 Å². The standard InChI is InChI=1S/C26H47N/c1-3-5-7-9-10-12-23-13-15-24(16-14-23)25-17-20-26(22-27,21-18-25)19-11-8-6-4-2/h23-25H,3-21H2,1-2H3/t23?,24?,25-,26+. The van der Waals surface area contributed by atoms with Crippen LogP contribution in [0.3, 0.4) is 0 Å². The quantitative estimate of drug-likeness (QED) is 0.313. The van der Waals surface area contributed by atoms with Gasteiger partial charge in [0, 0.05) is 0 Å². The van der Waals surface area contributed by atoms with E-state index in [1.54, 1.807) is 0 Å². The number of hydrogen-bond donors (Lipinski definition) is 0. The van der Waals surface area contributed by atoms with Crippen LogP contribution in [0.25, 0.3) is 0 Å². The van der Waals surface area contributed by atoms with E-state index in [-0.39, 0.29) is 5.41 Å². The number of nitriles is 1. The summed E-state index contributed by atoms with van der Waals surface area (Å²) in [6.45, 7) is 4.58. The third-order valence-corrected chi connectivity index (χ3v) is 8.01. The average Bonchev–Trinajstić information content (AvgIpc) is 2.72. The minimum Gasteiger partial charge on any atom is -0.198 e. The summed E-state index contributed by atoms with van der Waals surface area (Å²) in [5.74, 6) is 2.95. The average molecular weight is 374 g/mol. The fourth-order valence-corrected chi connectivity index (χ4v) is 5.96. The summed E-state index contributed by atoms with van der Waals surface area (Å²) in [6.07, 6.45) is 26.1. The van der Waals surface area contributed by atoms with Crippen molar-refractivity contribution < 1.29 is 0 Å². The zero-order valence-corrected chi connectivity index (χ0v) is 18.6. The monoisotopic (exact) mass is 373 g/mol. The second kappa shape index (κ2) is 12.9. The van der Waals surface area contributed by atoms with Crippen LogP contribution in [0.2, 0.25) is 0 Å². The molecule has 0 radical (unpaired) electrons. The van der Waals surface area contributed by atoms with Crippen molar-refractivity contribution >= 4 is 0 Å². The van der Waals surface area contributed by atoms with Crippen LogP contribution >= 0.6 is 0 Å². The Morgan fingerprint density at radius 1 is 0.704 bits per heavy atom. The molecule has 0 atom stereocenters. The molecule has 0 bridgehead atoms. The Labute approximate surface area is 170 Å². The first kappa shape index (κ1) is 22.8. The summed E-state index contributed by atoms with van der Waals surface area (Å²) >= 11 is 0. The van der Waals surface area contributed by atoms with Crippen LogP contribution in [0.5, 0.6) is 0 Å². The van der Waals surface area contributed by atoms with Crippen molar-refractivity contribution in [3.63, 3.8) is 0 Å². The molecule has 0 aromatic heterocycles. The molecule has 0 aliphatic heterocycles. The van der Waals surface area contributed by atoms with Crippen molar-refractivity contribution in [2.24, 2.45) is 23.2 Å². The lowest BCUT2D eigenvalue weighted by atomic mass is 9.63. The Balaban J connectivity index is 1.63. The Hall–Kier alpha value is -0.510. The van der Waals surface area contributed by atoms with E-state index in [4.69, 9.17) is 0 Å². The van der Waals surface area contributed by atoms with E-state index < -0.39 is 0 Å². The third kappa shape index (κ3) is 7.79. The fourth-order valence-electron chi connectivity index (χ4n) is 5.96. The van der Waals surface area contributed by atoms with Crippen molar-refractivity contribution in [1.82, 2.24) is 0 Å². The van der Waals surface area contributed by atoms with Crippen molar-refractivity contribution in [2.75, 3.05) is 0 Å². The van der Waals surface area contributed by atoms with Gasteiger partial charge in [0.2, 0.25) is 0 Å². The summed E-state index contributed by atoms with van der Waals surface area (Å²) < 4.78 is 0. The van der Waals surface area contributed by atoms with Crippen molar-refractivity contribution in [3.05, 3.63) is 0 Å². The SMILES string of the molecule is CCCCCCCC1CCC([C@H]2CC[C@](C#N)(CCCCCC)CC2)CC1. The third-order valence-electron chi connectivity index (χ3n) is 8.01. The van der Waals surface area contributed by atoms with E-state index in [0.29, 0.717) is 0 Å². The molecule has 27 heavy (non-hydrogen) atoms. The van der Waals surface area contributed by atoms with Crippen LogP contribution in [0, 0.1) is 34.5 Å². The molecule has 0 amide bonds. The lowest BCUT2D eigenvalue weighted by Gasteiger charge is -2.41. The number of unbranched alkanes of at least 4 members (excludes halogenated alkanes) is 7. The highest BCUT2D eigenvalue weighted by molar-refractivity contribution is 5.02. The molecule has 0 aromatic carbocycles. The van der Waals surface area contributed by atoms with Gasteiger partial charge in [0.15, 0.2) is 0 Å². The van der Waals surface area contributed by atoms with Gasteiger partial charge in [0.05, 0.1) is 11.5 Å². The molecule has 0 heterocycles. The minimum atomic E-state index is 0.0416. The van der Waals surface area contributed by atoms with Crippen LogP contribution in [-0.4, -0.2) is 0 Å². The fraction of sp³-hybridized carbons (Fsp3) is 0.962. The first-order valence-corrected chi connectivity index (χ1v) is 12.6. The molecule has 2 aliphatic rings. The molecule has 2 saturated carbocycles.